The lowest BCUT2D eigenvalue weighted by molar-refractivity contribution is 0.0606. The van der Waals surface area contributed by atoms with Gasteiger partial charge >= 0.3 is 5.97 Å². The van der Waals surface area contributed by atoms with Crippen LogP contribution in [0.4, 0.5) is 0 Å². The Bertz CT molecular complexity index is 1200. The topological polar surface area (TPSA) is 90.7 Å². The van der Waals surface area contributed by atoms with Gasteiger partial charge in [0.2, 0.25) is 0 Å². The number of thiophene rings is 1. The van der Waals surface area contributed by atoms with E-state index < -0.39 is 0 Å². The average molecular weight is 606 g/mol. The summed E-state index contributed by atoms with van der Waals surface area (Å²) in [6.45, 7) is 15.0. The Morgan fingerprint density at radius 1 is 1.13 bits per heavy atom. The highest BCUT2D eigenvalue weighted by atomic mass is 79.9. The summed E-state index contributed by atoms with van der Waals surface area (Å²) in [6.07, 6.45) is 3.85. The molecule has 38 heavy (non-hydrogen) atoms. The minimum Gasteiger partial charge on any atom is -0.507 e. The Labute approximate surface area is 241 Å². The summed E-state index contributed by atoms with van der Waals surface area (Å²) >= 11 is 1.34. The van der Waals surface area contributed by atoms with Gasteiger partial charge in [-0.1, -0.05) is 54.9 Å². The smallest absolute Gasteiger partial charge is 0.348 e. The second kappa shape index (κ2) is 12.2. The standard InChI is InChI=1S/C30H40N2O4S.BrH/c1-9-10-18-16-32(27(31)21(18)15-20-11-12-25(37-20)28(35)36-8)17-24(33)19-13-22(29(2,3)4)26(34)23(14-19)30(5,6)7;/h11-15,18,31,34H,9-10,16-17H2,1-8H3;1H. The normalized spacial score (nSPS) is 17.1. The number of Topliss-reactive ketones (excluding diaryl/α,β-unsaturated/α-hetero) is 1. The van der Waals surface area contributed by atoms with Gasteiger partial charge < -0.3 is 14.7 Å². The predicted octanol–water partition coefficient (Wildman–Crippen LogP) is 7.39. The number of nitrogens with zero attached hydrogens (tertiary/aromatic N) is 1. The van der Waals surface area contributed by atoms with Crippen LogP contribution in [0.15, 0.2) is 29.8 Å². The third-order valence-electron chi connectivity index (χ3n) is 6.80. The number of benzene rings is 1. The number of nitrogens with one attached hydrogen (secondary N) is 1. The van der Waals surface area contributed by atoms with Crippen molar-refractivity contribution in [2.24, 2.45) is 5.92 Å². The first-order valence-corrected chi connectivity index (χ1v) is 13.6. The summed E-state index contributed by atoms with van der Waals surface area (Å²) in [7, 11) is 1.36. The van der Waals surface area contributed by atoms with Gasteiger partial charge in [-0.25, -0.2) is 4.79 Å². The molecule has 0 bridgehead atoms. The van der Waals surface area contributed by atoms with Crippen LogP contribution in [0.2, 0.25) is 0 Å². The predicted molar refractivity (Wildman–Crippen MR) is 161 cm³/mol. The zero-order chi connectivity index (χ0) is 27.7. The van der Waals surface area contributed by atoms with Crippen LogP contribution in [0.3, 0.4) is 0 Å². The molecule has 1 aliphatic heterocycles. The van der Waals surface area contributed by atoms with E-state index in [0.29, 0.717) is 22.8 Å². The summed E-state index contributed by atoms with van der Waals surface area (Å²) in [5.74, 6) is 0.309. The molecule has 1 fully saturated rings. The number of ether oxygens (including phenoxy) is 1. The molecule has 2 N–H and O–H groups in total. The highest BCUT2D eigenvalue weighted by Crippen LogP contribution is 2.40. The summed E-state index contributed by atoms with van der Waals surface area (Å²) in [6, 6.07) is 7.23. The lowest BCUT2D eigenvalue weighted by Crippen LogP contribution is -2.31. The van der Waals surface area contributed by atoms with E-state index in [1.54, 1.807) is 6.07 Å². The Kier molecular flexibility index (Phi) is 10.2. The number of amidine groups is 1. The van der Waals surface area contributed by atoms with Crippen LogP contribution in [0.25, 0.3) is 6.08 Å². The molecule has 208 valence electrons. The van der Waals surface area contributed by atoms with E-state index in [1.165, 1.54) is 18.4 Å². The number of esters is 1. The van der Waals surface area contributed by atoms with Crippen molar-refractivity contribution in [3.63, 3.8) is 0 Å². The van der Waals surface area contributed by atoms with E-state index in [2.05, 4.69) is 6.92 Å². The van der Waals surface area contributed by atoms with Crippen molar-refractivity contribution >= 4 is 52.0 Å². The van der Waals surface area contributed by atoms with Crippen molar-refractivity contribution in [1.29, 1.82) is 5.41 Å². The van der Waals surface area contributed by atoms with Gasteiger partial charge in [-0.05, 0) is 47.6 Å². The van der Waals surface area contributed by atoms with Gasteiger partial charge in [0.1, 0.15) is 16.5 Å². The van der Waals surface area contributed by atoms with Crippen molar-refractivity contribution in [1.82, 2.24) is 4.90 Å². The molecule has 0 amide bonds. The quantitative estimate of drug-likeness (QED) is 0.254. The molecule has 8 heteroatoms. The van der Waals surface area contributed by atoms with Crippen LogP contribution < -0.4 is 0 Å². The summed E-state index contributed by atoms with van der Waals surface area (Å²) < 4.78 is 4.82. The lowest BCUT2D eigenvalue weighted by atomic mass is 9.78. The zero-order valence-electron chi connectivity index (χ0n) is 23.7. The second-order valence-corrected chi connectivity index (χ2v) is 13.0. The molecule has 0 aliphatic carbocycles. The largest absolute Gasteiger partial charge is 0.507 e. The first-order valence-electron chi connectivity index (χ1n) is 12.8. The van der Waals surface area contributed by atoms with Crippen LogP contribution in [-0.2, 0) is 15.6 Å². The second-order valence-electron chi connectivity index (χ2n) is 11.9. The highest BCUT2D eigenvalue weighted by Gasteiger charge is 2.34. The Hall–Kier alpha value is -2.45. The first kappa shape index (κ1) is 31.8. The SMILES string of the molecule is Br.CCCC1CN(CC(=O)c2cc(C(C)(C)C)c(O)c(C(C)(C)C)c2)C(=N)C1=Cc1ccc(C(=O)OC)s1. The number of halogens is 1. The van der Waals surface area contributed by atoms with Gasteiger partial charge in [-0.15, -0.1) is 28.3 Å². The number of ketones is 1. The van der Waals surface area contributed by atoms with Gasteiger partial charge in [0.25, 0.3) is 0 Å². The van der Waals surface area contributed by atoms with Crippen molar-refractivity contribution in [3.8, 4) is 5.75 Å². The number of hydrogen-bond acceptors (Lipinski definition) is 6. The monoisotopic (exact) mass is 604 g/mol. The number of carbonyl (C=O) groups excluding carboxylic acids is 2. The number of rotatable bonds is 7. The van der Waals surface area contributed by atoms with E-state index in [-0.39, 0.29) is 57.8 Å². The van der Waals surface area contributed by atoms with E-state index in [4.69, 9.17) is 10.1 Å². The maximum Gasteiger partial charge on any atom is 0.348 e. The number of phenolic OH excluding ortho intramolecular Hbond substituents is 1. The highest BCUT2D eigenvalue weighted by molar-refractivity contribution is 8.93. The van der Waals surface area contributed by atoms with E-state index in [9.17, 15) is 14.7 Å². The van der Waals surface area contributed by atoms with Crippen LogP contribution in [-0.4, -0.2) is 47.8 Å². The number of carbonyl (C=O) groups is 2. The van der Waals surface area contributed by atoms with Crippen molar-refractivity contribution < 1.29 is 19.4 Å². The van der Waals surface area contributed by atoms with Crippen LogP contribution in [0.1, 0.15) is 97.3 Å². The lowest BCUT2D eigenvalue weighted by Gasteiger charge is -2.28. The van der Waals surface area contributed by atoms with Crippen LogP contribution >= 0.6 is 28.3 Å². The molecule has 1 saturated heterocycles. The molecule has 1 aromatic heterocycles. The van der Waals surface area contributed by atoms with Gasteiger partial charge in [-0.2, -0.15) is 0 Å². The van der Waals surface area contributed by atoms with Gasteiger partial charge in [0, 0.05) is 39.6 Å². The molecule has 0 saturated carbocycles. The summed E-state index contributed by atoms with van der Waals surface area (Å²) in [5, 5.41) is 19.9. The molecule has 0 radical (unpaired) electrons. The van der Waals surface area contributed by atoms with Crippen LogP contribution in [0, 0.1) is 11.3 Å². The third-order valence-corrected chi connectivity index (χ3v) is 7.81. The number of methoxy groups -OCH3 is 1. The number of aromatic hydroxyl groups is 1. The first-order chi connectivity index (χ1) is 17.2. The van der Waals surface area contributed by atoms with Crippen molar-refractivity contribution in [3.05, 3.63) is 56.3 Å². The van der Waals surface area contributed by atoms with Gasteiger partial charge in [0.15, 0.2) is 5.78 Å². The fourth-order valence-electron chi connectivity index (χ4n) is 4.75. The fourth-order valence-corrected chi connectivity index (χ4v) is 5.63. The van der Waals surface area contributed by atoms with Crippen LogP contribution in [0.5, 0.6) is 5.75 Å². The maximum absolute atomic E-state index is 13.6. The molecule has 3 rings (SSSR count). The van der Waals surface area contributed by atoms with E-state index in [0.717, 1.165) is 34.4 Å². The molecule has 1 aromatic carbocycles. The molecule has 1 aliphatic rings. The van der Waals surface area contributed by atoms with Crippen molar-refractivity contribution in [2.45, 2.75) is 72.1 Å². The van der Waals surface area contributed by atoms with Gasteiger partial charge in [-0.3, -0.25) is 10.2 Å². The minimum atomic E-state index is -0.369. The number of likely N-dealkylation sites (tertiary alicyclic amines) is 1. The Morgan fingerprint density at radius 3 is 2.21 bits per heavy atom. The zero-order valence-corrected chi connectivity index (χ0v) is 26.3. The Morgan fingerprint density at radius 2 is 1.71 bits per heavy atom. The third kappa shape index (κ3) is 6.94. The molecular weight excluding hydrogens is 564 g/mol. The molecular formula is C30H41BrN2O4S. The minimum absolute atomic E-state index is 0. The Balaban J connectivity index is 0.00000507. The van der Waals surface area contributed by atoms with E-state index in [1.807, 2.05) is 70.7 Å². The van der Waals surface area contributed by atoms with Crippen molar-refractivity contribution in [2.75, 3.05) is 20.2 Å². The maximum atomic E-state index is 13.6. The van der Waals surface area contributed by atoms with Gasteiger partial charge in [0.05, 0.1) is 13.7 Å². The fraction of sp³-hybridized carbons (Fsp3) is 0.500. The number of phenols is 1. The molecule has 0 spiro atoms. The molecule has 6 nitrogen and oxygen atoms in total. The molecule has 1 atom stereocenters. The number of hydrogen-bond donors (Lipinski definition) is 2. The average Bonchev–Trinajstić information content (AvgIpc) is 3.38. The molecule has 1 unspecified atom stereocenters. The molecule has 2 heterocycles. The molecule has 2 aromatic rings. The summed E-state index contributed by atoms with van der Waals surface area (Å²) in [5.41, 5.74) is 2.31. The summed E-state index contributed by atoms with van der Waals surface area (Å²) in [4.78, 5) is 28.7. The van der Waals surface area contributed by atoms with E-state index >= 15 is 0 Å².